The minimum atomic E-state index is -4.63. The van der Waals surface area contributed by atoms with Gasteiger partial charge in [0.15, 0.2) is 0 Å². The van der Waals surface area contributed by atoms with Crippen molar-refractivity contribution < 1.29 is 27.5 Å². The number of amides is 2. The molecule has 0 radical (unpaired) electrons. The van der Waals surface area contributed by atoms with E-state index in [9.17, 15) is 22.8 Å². The van der Waals surface area contributed by atoms with Crippen LogP contribution >= 0.6 is 0 Å². The molecule has 2 amide bonds. The first kappa shape index (κ1) is 19.4. The van der Waals surface area contributed by atoms with Crippen LogP contribution in [0, 0.1) is 0 Å². The van der Waals surface area contributed by atoms with Gasteiger partial charge in [0.2, 0.25) is 0 Å². The number of nitrogens with zero attached hydrogens (tertiary/aromatic N) is 1. The highest BCUT2D eigenvalue weighted by Crippen LogP contribution is 2.34. The molecule has 2 aliphatic rings. The molecule has 2 aliphatic heterocycles. The van der Waals surface area contributed by atoms with E-state index < -0.39 is 29.3 Å². The summed E-state index contributed by atoms with van der Waals surface area (Å²) in [5, 5.41) is 2.52. The summed E-state index contributed by atoms with van der Waals surface area (Å²) in [5.41, 5.74) is 0.497. The molecule has 2 heterocycles. The van der Waals surface area contributed by atoms with E-state index in [1.807, 2.05) is 0 Å². The number of benzene rings is 2. The first-order chi connectivity index (χ1) is 13.8. The zero-order valence-corrected chi connectivity index (χ0v) is 15.5. The Hall–Kier alpha value is -2.87. The van der Waals surface area contributed by atoms with Crippen molar-refractivity contribution in [2.75, 3.05) is 23.4 Å². The number of anilines is 2. The summed E-state index contributed by atoms with van der Waals surface area (Å²) in [4.78, 5) is 26.8. The van der Waals surface area contributed by atoms with Crippen LogP contribution in [-0.4, -0.2) is 31.1 Å². The predicted molar refractivity (Wildman–Crippen MR) is 101 cm³/mol. The van der Waals surface area contributed by atoms with E-state index >= 15 is 0 Å². The molecule has 0 aromatic heterocycles. The van der Waals surface area contributed by atoms with E-state index in [1.54, 1.807) is 23.1 Å². The van der Waals surface area contributed by atoms with Crippen molar-refractivity contribution in [1.29, 1.82) is 0 Å². The van der Waals surface area contributed by atoms with Gasteiger partial charge in [-0.25, -0.2) is 0 Å². The molecule has 0 aliphatic carbocycles. The van der Waals surface area contributed by atoms with E-state index in [0.29, 0.717) is 37.4 Å². The maximum Gasteiger partial charge on any atom is 0.417 e. The van der Waals surface area contributed by atoms with E-state index in [1.165, 1.54) is 12.1 Å². The van der Waals surface area contributed by atoms with Crippen LogP contribution in [0.5, 0.6) is 0 Å². The maximum atomic E-state index is 13.2. The van der Waals surface area contributed by atoms with Gasteiger partial charge in [-0.15, -0.1) is 0 Å². The molecule has 8 heteroatoms. The Labute approximate surface area is 165 Å². The molecule has 152 valence electrons. The summed E-state index contributed by atoms with van der Waals surface area (Å²) in [5.74, 6) is -0.972. The Bertz CT molecular complexity index is 952. The molecular weight excluding hydrogens is 385 g/mol. The van der Waals surface area contributed by atoms with Crippen molar-refractivity contribution >= 4 is 23.2 Å². The molecule has 5 nitrogen and oxygen atoms in total. The summed E-state index contributed by atoms with van der Waals surface area (Å²) in [6.07, 6.45) is -2.89. The molecule has 0 unspecified atom stereocenters. The zero-order valence-electron chi connectivity index (χ0n) is 15.5. The summed E-state index contributed by atoms with van der Waals surface area (Å²) >= 11 is 0. The fourth-order valence-corrected chi connectivity index (χ4v) is 3.76. The average Bonchev–Trinajstić information content (AvgIpc) is 3.36. The van der Waals surface area contributed by atoms with Gasteiger partial charge in [-0.3, -0.25) is 9.59 Å². The number of carbonyl (C=O) groups excluding carboxylic acids is 2. The van der Waals surface area contributed by atoms with Crippen LogP contribution in [0.15, 0.2) is 42.5 Å². The van der Waals surface area contributed by atoms with Gasteiger partial charge in [0.25, 0.3) is 11.8 Å². The minimum absolute atomic E-state index is 0.118. The molecule has 1 saturated heterocycles. The average molecular weight is 404 g/mol. The molecule has 1 fully saturated rings. The van der Waals surface area contributed by atoms with Gasteiger partial charge in [0.05, 0.1) is 11.1 Å². The summed E-state index contributed by atoms with van der Waals surface area (Å²) in [6, 6.07) is 9.68. The van der Waals surface area contributed by atoms with Crippen LogP contribution in [0.1, 0.15) is 34.3 Å². The maximum absolute atomic E-state index is 13.2. The minimum Gasteiger partial charge on any atom is -0.368 e. The Balaban J connectivity index is 1.57. The van der Waals surface area contributed by atoms with Crippen molar-refractivity contribution in [1.82, 2.24) is 0 Å². The lowest BCUT2D eigenvalue weighted by atomic mass is 10.1. The summed E-state index contributed by atoms with van der Waals surface area (Å²) in [6.45, 7) is 1.08. The third kappa shape index (κ3) is 3.85. The molecule has 2 aromatic rings. The highest BCUT2D eigenvalue weighted by Gasteiger charge is 2.35. The molecule has 0 spiro atoms. The quantitative estimate of drug-likeness (QED) is 0.841. The predicted octanol–water partition coefficient (Wildman–Crippen LogP) is 4.03. The Kier molecular flexibility index (Phi) is 5.04. The van der Waals surface area contributed by atoms with E-state index in [0.717, 1.165) is 24.1 Å². The molecule has 0 saturated carbocycles. The highest BCUT2D eigenvalue weighted by molar-refractivity contribution is 6.06. The third-order valence-electron chi connectivity index (χ3n) is 5.19. The molecule has 1 atom stereocenters. The fourth-order valence-electron chi connectivity index (χ4n) is 3.76. The molecule has 4 rings (SSSR count). The first-order valence-electron chi connectivity index (χ1n) is 9.38. The van der Waals surface area contributed by atoms with Gasteiger partial charge in [-0.05, 0) is 49.1 Å². The Morgan fingerprint density at radius 3 is 2.66 bits per heavy atom. The Morgan fingerprint density at radius 2 is 1.93 bits per heavy atom. The number of nitrogens with one attached hydrogen (secondary N) is 1. The van der Waals surface area contributed by atoms with Crippen LogP contribution in [-0.2, 0) is 22.1 Å². The monoisotopic (exact) mass is 404 g/mol. The largest absolute Gasteiger partial charge is 0.417 e. The van der Waals surface area contributed by atoms with Crippen molar-refractivity contribution in [2.24, 2.45) is 0 Å². The van der Waals surface area contributed by atoms with Crippen molar-refractivity contribution in [2.45, 2.75) is 31.5 Å². The van der Waals surface area contributed by atoms with Crippen LogP contribution < -0.4 is 10.2 Å². The molecule has 0 bridgehead atoms. The SMILES string of the molecule is O=C(Nc1ccc2c(c1)N(C(=O)[C@H]1CCCO1)CC2)c1ccccc1C(F)(F)F. The summed E-state index contributed by atoms with van der Waals surface area (Å²) in [7, 11) is 0. The van der Waals surface area contributed by atoms with E-state index in [4.69, 9.17) is 4.74 Å². The lowest BCUT2D eigenvalue weighted by Gasteiger charge is -2.21. The second-order valence-electron chi connectivity index (χ2n) is 7.08. The van der Waals surface area contributed by atoms with Crippen molar-refractivity contribution in [3.8, 4) is 0 Å². The number of alkyl halides is 3. The van der Waals surface area contributed by atoms with Crippen molar-refractivity contribution in [3.63, 3.8) is 0 Å². The zero-order chi connectivity index (χ0) is 20.6. The number of rotatable bonds is 3. The second kappa shape index (κ2) is 7.51. The fraction of sp³-hybridized carbons (Fsp3) is 0.333. The van der Waals surface area contributed by atoms with Crippen LogP contribution in [0.2, 0.25) is 0 Å². The number of hydrogen-bond donors (Lipinski definition) is 1. The van der Waals surface area contributed by atoms with Crippen LogP contribution in [0.25, 0.3) is 0 Å². The van der Waals surface area contributed by atoms with Crippen molar-refractivity contribution in [3.05, 3.63) is 59.2 Å². The third-order valence-corrected chi connectivity index (χ3v) is 5.19. The van der Waals surface area contributed by atoms with Gasteiger partial charge < -0.3 is 15.0 Å². The normalized spacial score (nSPS) is 18.6. The Morgan fingerprint density at radius 1 is 1.14 bits per heavy atom. The van der Waals surface area contributed by atoms with Gasteiger partial charge in [0.1, 0.15) is 6.10 Å². The standard InChI is InChI=1S/C21H19F3N2O3/c22-21(23,24)16-5-2-1-4-15(16)19(27)25-14-8-7-13-9-10-26(17(13)12-14)20(28)18-6-3-11-29-18/h1-2,4-5,7-8,12,18H,3,6,9-11H2,(H,25,27)/t18-/m1/s1. The van der Waals surface area contributed by atoms with Gasteiger partial charge in [-0.1, -0.05) is 18.2 Å². The molecular formula is C21H19F3N2O3. The lowest BCUT2D eigenvalue weighted by molar-refractivity contribution is -0.137. The molecule has 1 N–H and O–H groups in total. The number of carbonyl (C=O) groups is 2. The number of hydrogen-bond acceptors (Lipinski definition) is 3. The van der Waals surface area contributed by atoms with Crippen LogP contribution in [0.3, 0.4) is 0 Å². The van der Waals surface area contributed by atoms with Gasteiger partial charge >= 0.3 is 6.18 Å². The molecule has 29 heavy (non-hydrogen) atoms. The number of fused-ring (bicyclic) bond motifs is 1. The highest BCUT2D eigenvalue weighted by atomic mass is 19.4. The summed E-state index contributed by atoms with van der Waals surface area (Å²) < 4.78 is 45.0. The van der Waals surface area contributed by atoms with E-state index in [2.05, 4.69) is 5.32 Å². The number of ether oxygens (including phenoxy) is 1. The smallest absolute Gasteiger partial charge is 0.368 e. The van der Waals surface area contributed by atoms with Gasteiger partial charge in [0, 0.05) is 24.5 Å². The van der Waals surface area contributed by atoms with E-state index in [-0.39, 0.29) is 5.91 Å². The second-order valence-corrected chi connectivity index (χ2v) is 7.08. The molecule has 2 aromatic carbocycles. The number of halogens is 3. The lowest BCUT2D eigenvalue weighted by Crippen LogP contribution is -2.37. The first-order valence-corrected chi connectivity index (χ1v) is 9.38. The topological polar surface area (TPSA) is 58.6 Å². The van der Waals surface area contributed by atoms with Crippen LogP contribution in [0.4, 0.5) is 24.5 Å². The van der Waals surface area contributed by atoms with Gasteiger partial charge in [-0.2, -0.15) is 13.2 Å².